The Kier molecular flexibility index (Phi) is 25.1. The maximum atomic E-state index is 13.6. The van der Waals surface area contributed by atoms with Crippen LogP contribution < -0.4 is 48.1 Å². The molecule has 0 bridgehead atoms. The molecule has 25 nitrogen and oxygen atoms in total. The lowest BCUT2D eigenvalue weighted by molar-refractivity contribution is -0.137. The van der Waals surface area contributed by atoms with Gasteiger partial charge in [0.25, 0.3) is 11.8 Å². The summed E-state index contributed by atoms with van der Waals surface area (Å²) in [5.74, 6) is -2.37. The van der Waals surface area contributed by atoms with Crippen molar-refractivity contribution in [2.45, 2.75) is 58.7 Å². The number of nitrogens with one attached hydrogen (secondary N) is 6. The van der Waals surface area contributed by atoms with Gasteiger partial charge in [-0.05, 0) is 67.6 Å². The molecule has 0 saturated carbocycles. The van der Waals surface area contributed by atoms with Crippen LogP contribution in [0, 0.1) is 12.8 Å². The second-order valence-electron chi connectivity index (χ2n) is 17.8. The summed E-state index contributed by atoms with van der Waals surface area (Å²) in [6, 6.07) is 14.9. The van der Waals surface area contributed by atoms with E-state index in [1.165, 1.54) is 18.3 Å². The predicted molar refractivity (Wildman–Crippen MR) is 287 cm³/mol. The Morgan fingerprint density at radius 1 is 0.731 bits per heavy atom. The molecule has 0 saturated heterocycles. The van der Waals surface area contributed by atoms with Crippen molar-refractivity contribution >= 4 is 69.8 Å². The van der Waals surface area contributed by atoms with Gasteiger partial charge in [-0.2, -0.15) is 0 Å². The van der Waals surface area contributed by atoms with Crippen molar-refractivity contribution in [1.82, 2.24) is 46.4 Å². The van der Waals surface area contributed by atoms with Gasteiger partial charge in [0.1, 0.15) is 25.3 Å². The number of nitrogens with zero attached hydrogens (tertiary/aromatic N) is 4. The molecule has 2 aromatic carbocycles. The first-order chi connectivity index (χ1) is 37.6. The second kappa shape index (κ2) is 32.4. The molecule has 10 N–H and O–H groups in total. The number of alkyl carbamates (subject to hydrolysis) is 1. The van der Waals surface area contributed by atoms with Gasteiger partial charge in [0.2, 0.25) is 23.6 Å². The molecule has 2 aromatic heterocycles. The summed E-state index contributed by atoms with van der Waals surface area (Å²) in [6.45, 7) is 7.82. The number of aromatic nitrogens is 3. The van der Waals surface area contributed by atoms with Gasteiger partial charge in [0, 0.05) is 49.1 Å². The van der Waals surface area contributed by atoms with E-state index in [9.17, 15) is 33.6 Å². The normalized spacial score (nSPS) is 13.2. The summed E-state index contributed by atoms with van der Waals surface area (Å²) in [7, 11) is 1.78. The summed E-state index contributed by atoms with van der Waals surface area (Å²) in [4.78, 5) is 102. The maximum absolute atomic E-state index is 13.6. The number of nitrogens with two attached hydrogens (primary N) is 2. The van der Waals surface area contributed by atoms with Crippen molar-refractivity contribution in [2.75, 3.05) is 91.5 Å². The summed E-state index contributed by atoms with van der Waals surface area (Å²) >= 11 is 0. The van der Waals surface area contributed by atoms with Crippen LogP contribution in [-0.4, -0.2) is 160 Å². The molecule has 1 unspecified atom stereocenters. The average molecular weight is 1080 g/mol. The minimum absolute atomic E-state index is 0.0351. The van der Waals surface area contributed by atoms with Gasteiger partial charge in [0.05, 0.1) is 100 Å². The van der Waals surface area contributed by atoms with Crippen LogP contribution >= 0.6 is 0 Å². The van der Waals surface area contributed by atoms with Crippen molar-refractivity contribution in [1.29, 1.82) is 0 Å². The van der Waals surface area contributed by atoms with Crippen LogP contribution in [-0.2, 0) is 54.3 Å². The number of carbonyl (C=O) groups is 7. The van der Waals surface area contributed by atoms with E-state index in [1.54, 1.807) is 45.2 Å². The first-order valence-electron chi connectivity index (χ1n) is 25.4. The van der Waals surface area contributed by atoms with Crippen LogP contribution in [0.25, 0.3) is 22.4 Å². The Bertz CT molecular complexity index is 2700. The van der Waals surface area contributed by atoms with E-state index in [2.05, 4.69) is 46.9 Å². The topological polar surface area (TPSA) is 341 Å². The van der Waals surface area contributed by atoms with E-state index in [-0.39, 0.29) is 102 Å². The smallest absolute Gasteiger partial charge is 0.407 e. The first-order valence-corrected chi connectivity index (χ1v) is 25.4. The van der Waals surface area contributed by atoms with E-state index >= 15 is 0 Å². The predicted octanol–water partition coefficient (Wildman–Crippen LogP) is 2.04. The molecule has 420 valence electrons. The molecule has 1 aliphatic heterocycles. The zero-order chi connectivity index (χ0) is 56.2. The van der Waals surface area contributed by atoms with Gasteiger partial charge in [-0.15, -0.1) is 0 Å². The highest BCUT2D eigenvalue weighted by molar-refractivity contribution is 6.12. The van der Waals surface area contributed by atoms with Crippen molar-refractivity contribution in [3.8, 4) is 5.88 Å². The second-order valence-corrected chi connectivity index (χ2v) is 17.8. The van der Waals surface area contributed by atoms with Crippen LogP contribution in [0.4, 0.5) is 15.3 Å². The van der Waals surface area contributed by atoms with Gasteiger partial charge in [-0.25, -0.2) is 19.6 Å². The number of urea groups is 1. The quantitative estimate of drug-likeness (QED) is 0.0245. The lowest BCUT2D eigenvalue weighted by Gasteiger charge is -2.25. The van der Waals surface area contributed by atoms with Crippen LogP contribution in [0.3, 0.4) is 0 Å². The lowest BCUT2D eigenvalue weighted by atomic mass is 10.0. The molecule has 25 heteroatoms. The number of aryl methyl sites for hydroxylation is 1. The number of pyridine rings is 1. The molecule has 3 heterocycles. The summed E-state index contributed by atoms with van der Waals surface area (Å²) in [5.41, 5.74) is 17.4. The number of ether oxygens (including phenoxy) is 6. The van der Waals surface area contributed by atoms with Crippen molar-refractivity contribution in [3.63, 3.8) is 0 Å². The number of fused-ring (bicyclic) bond motifs is 1. The summed E-state index contributed by atoms with van der Waals surface area (Å²) in [5, 5.41) is 16.5. The fourth-order valence-corrected chi connectivity index (χ4v) is 7.44. The van der Waals surface area contributed by atoms with E-state index in [1.807, 2.05) is 43.3 Å². The first kappa shape index (κ1) is 60.6. The van der Waals surface area contributed by atoms with Crippen LogP contribution in [0.5, 0.6) is 5.88 Å². The highest BCUT2D eigenvalue weighted by atomic mass is 16.6. The Hall–Kier alpha value is -8.26. The van der Waals surface area contributed by atoms with Gasteiger partial charge < -0.3 is 71.8 Å². The Morgan fingerprint density at radius 2 is 1.41 bits per heavy atom. The number of primary amides is 1. The monoisotopic (exact) mass is 1080 g/mol. The molecule has 0 aliphatic carbocycles. The molecular weight excluding hydrogens is 1010 g/mol. The number of hydrogen-bond donors (Lipinski definition) is 8. The Labute approximate surface area is 451 Å². The third-order valence-corrected chi connectivity index (χ3v) is 11.5. The molecular formula is C53H70N12O13. The SMILES string of the molecule is CN/C(=C(\N)c1ccc2ncc(OCCNC(=O)OCc3ccc(NC(=O)C(CCCNC(N)=O)NC(=O)[C@@H](NC(=O)CCOCCOCCOCCOCCN4C(=O)C=CC4=O)C(C)C)cc3)nc2c1)c1cccc(C)n1. The molecule has 1 aliphatic rings. The third kappa shape index (κ3) is 20.7. The summed E-state index contributed by atoms with van der Waals surface area (Å²) in [6.07, 6.45) is 3.63. The maximum Gasteiger partial charge on any atom is 0.407 e. The number of rotatable bonds is 34. The number of imide groups is 1. The van der Waals surface area contributed by atoms with Crippen LogP contribution in [0.15, 0.2) is 79.0 Å². The summed E-state index contributed by atoms with van der Waals surface area (Å²) < 4.78 is 33.0. The molecule has 0 fully saturated rings. The minimum atomic E-state index is -1.06. The zero-order valence-electron chi connectivity index (χ0n) is 44.3. The highest BCUT2D eigenvalue weighted by Gasteiger charge is 2.29. The number of carbonyl (C=O) groups excluding carboxylic acids is 7. The van der Waals surface area contributed by atoms with E-state index in [0.29, 0.717) is 65.6 Å². The third-order valence-electron chi connectivity index (χ3n) is 11.5. The number of hydrogen-bond acceptors (Lipinski definition) is 18. The van der Waals surface area contributed by atoms with Gasteiger partial charge in [0.15, 0.2) is 0 Å². The Morgan fingerprint density at radius 3 is 2.06 bits per heavy atom. The molecule has 2 atom stereocenters. The van der Waals surface area contributed by atoms with Crippen molar-refractivity contribution < 1.29 is 62.0 Å². The van der Waals surface area contributed by atoms with Gasteiger partial charge >= 0.3 is 12.1 Å². The standard InChI is InChI=1S/C53H70N12O13/c1-34(2)48(64-43(66)18-22-73-25-27-75-29-30-76-28-26-74-24-21-65-45(67)16-17-46(65)68)51(70)63-41(9-6-19-57-52(55)71)50(69)61-38-13-10-36(11-14-38)33-78-53(72)58-20-23-77-44-32-59-39-15-12-37(31-42(39)62-44)47(54)49(56-4)40-8-5-7-35(3)60-40/h5,7-8,10-17,31-32,34,41,48,56H,6,9,18-30,33,54H2,1-4H3,(H,58,72)(H,61,69)(H,63,70)(H,64,66)(H3,55,57,71)/b49-47-/t41?,48-/m0/s1. The van der Waals surface area contributed by atoms with E-state index < -0.39 is 41.9 Å². The van der Waals surface area contributed by atoms with E-state index in [0.717, 1.165) is 16.2 Å². The largest absolute Gasteiger partial charge is 0.475 e. The van der Waals surface area contributed by atoms with Crippen molar-refractivity contribution in [3.05, 3.63) is 102 Å². The van der Waals surface area contributed by atoms with Crippen LogP contribution in [0.2, 0.25) is 0 Å². The minimum Gasteiger partial charge on any atom is -0.475 e. The molecule has 0 spiro atoms. The molecule has 5 rings (SSSR count). The van der Waals surface area contributed by atoms with Crippen LogP contribution in [0.1, 0.15) is 55.6 Å². The molecule has 4 aromatic rings. The zero-order valence-corrected chi connectivity index (χ0v) is 44.3. The molecule has 78 heavy (non-hydrogen) atoms. The number of amides is 8. The van der Waals surface area contributed by atoms with Gasteiger partial charge in [-0.3, -0.25) is 33.9 Å². The lowest BCUT2D eigenvalue weighted by Crippen LogP contribution is -2.54. The average Bonchev–Trinajstić information content (AvgIpc) is 3.74. The highest BCUT2D eigenvalue weighted by Crippen LogP contribution is 2.23. The number of anilines is 1. The Balaban J connectivity index is 0.985. The number of benzene rings is 2. The molecule has 8 amide bonds. The van der Waals surface area contributed by atoms with Crippen molar-refractivity contribution in [2.24, 2.45) is 17.4 Å². The fourth-order valence-electron chi connectivity index (χ4n) is 7.44. The van der Waals surface area contributed by atoms with Gasteiger partial charge in [-0.1, -0.05) is 38.1 Å². The fraction of sp³-hybridized carbons (Fsp3) is 0.434. The van der Waals surface area contributed by atoms with E-state index in [4.69, 9.17) is 39.9 Å². The molecule has 0 radical (unpaired) electrons.